The van der Waals surface area contributed by atoms with Crippen LogP contribution >= 0.6 is 0 Å². The second-order valence-electron chi connectivity index (χ2n) is 8.10. The van der Waals surface area contributed by atoms with E-state index in [0.717, 1.165) is 39.1 Å². The monoisotopic (exact) mass is 414 g/mol. The van der Waals surface area contributed by atoms with Gasteiger partial charge in [-0.3, -0.25) is 4.79 Å². The first kappa shape index (κ1) is 19.7. The molecule has 0 saturated carbocycles. The van der Waals surface area contributed by atoms with E-state index in [1.807, 2.05) is 52.7 Å². The Bertz CT molecular complexity index is 1250. The molecule has 1 atom stereocenters. The summed E-state index contributed by atoms with van der Waals surface area (Å²) < 4.78 is 7.60. The Balaban J connectivity index is 1.40. The van der Waals surface area contributed by atoms with Crippen LogP contribution in [-0.4, -0.2) is 45.2 Å². The molecule has 0 unspecified atom stereocenters. The molecule has 0 aliphatic carbocycles. The minimum Gasteiger partial charge on any atom is -0.377 e. The minimum absolute atomic E-state index is 0.0262. The number of carbonyl (C=O) groups is 1. The number of nitrogens with zero attached hydrogens (tertiary/aromatic N) is 4. The van der Waals surface area contributed by atoms with Crippen molar-refractivity contribution in [2.75, 3.05) is 19.8 Å². The molecule has 6 nitrogen and oxygen atoms in total. The molecule has 4 aromatic rings. The Hall–Kier alpha value is -3.25. The van der Waals surface area contributed by atoms with Crippen LogP contribution in [0.5, 0.6) is 0 Å². The predicted molar refractivity (Wildman–Crippen MR) is 120 cm³/mol. The van der Waals surface area contributed by atoms with Crippen molar-refractivity contribution in [2.45, 2.75) is 32.7 Å². The fourth-order valence-electron chi connectivity index (χ4n) is 4.57. The summed E-state index contributed by atoms with van der Waals surface area (Å²) in [6.07, 6.45) is 1.09. The largest absolute Gasteiger partial charge is 0.377 e. The van der Waals surface area contributed by atoms with E-state index in [9.17, 15) is 4.79 Å². The number of aryl methyl sites for hydroxylation is 2. The predicted octanol–water partition coefficient (Wildman–Crippen LogP) is 4.03. The molecule has 1 amide bonds. The molecule has 2 aromatic heterocycles. The zero-order valence-corrected chi connectivity index (χ0v) is 17.9. The molecule has 6 heteroatoms. The van der Waals surface area contributed by atoms with E-state index in [-0.39, 0.29) is 11.9 Å². The Kier molecular flexibility index (Phi) is 5.16. The fourth-order valence-corrected chi connectivity index (χ4v) is 4.57. The van der Waals surface area contributed by atoms with Crippen LogP contribution in [0.3, 0.4) is 0 Å². The van der Waals surface area contributed by atoms with Crippen LogP contribution in [0.4, 0.5) is 0 Å². The maximum Gasteiger partial charge on any atom is 0.223 e. The molecule has 1 aliphatic rings. The second-order valence-corrected chi connectivity index (χ2v) is 8.10. The van der Waals surface area contributed by atoms with Crippen molar-refractivity contribution in [3.05, 3.63) is 77.1 Å². The number of carbonyl (C=O) groups excluding carboxylic acids is 1. The van der Waals surface area contributed by atoms with Crippen molar-refractivity contribution >= 4 is 22.5 Å². The van der Waals surface area contributed by atoms with E-state index in [4.69, 9.17) is 14.8 Å². The zero-order chi connectivity index (χ0) is 21.4. The number of hydrogen-bond acceptors (Lipinski definition) is 4. The van der Waals surface area contributed by atoms with Crippen molar-refractivity contribution in [3.8, 4) is 0 Å². The topological polar surface area (TPSA) is 59.7 Å². The van der Waals surface area contributed by atoms with Gasteiger partial charge in [0.1, 0.15) is 0 Å². The summed E-state index contributed by atoms with van der Waals surface area (Å²) in [7, 11) is 0. The summed E-state index contributed by atoms with van der Waals surface area (Å²) in [4.78, 5) is 20.0. The number of fused-ring (bicyclic) bond motifs is 3. The van der Waals surface area contributed by atoms with Crippen LogP contribution in [0.25, 0.3) is 16.6 Å². The standard InChI is InChI=1S/C25H26N4O2/c1-17-20(18(2)29-25(26-17)21-10-6-7-11-22(21)27-29)12-13-24(30)28-14-15-31-16-23(28)19-8-4-3-5-9-19/h3-11,23H,12-16H2,1-2H3/t23-/m0/s1. The molecule has 3 heterocycles. The third kappa shape index (κ3) is 3.57. The van der Waals surface area contributed by atoms with E-state index < -0.39 is 0 Å². The lowest BCUT2D eigenvalue weighted by Crippen LogP contribution is -2.43. The maximum absolute atomic E-state index is 13.2. The Morgan fingerprint density at radius 1 is 1.10 bits per heavy atom. The van der Waals surface area contributed by atoms with E-state index in [0.29, 0.717) is 32.6 Å². The molecule has 1 aliphatic heterocycles. The number of aromatic nitrogens is 3. The highest BCUT2D eigenvalue weighted by atomic mass is 16.5. The number of rotatable bonds is 4. The van der Waals surface area contributed by atoms with Gasteiger partial charge in [-0.1, -0.05) is 42.5 Å². The minimum atomic E-state index is -0.0262. The molecule has 1 saturated heterocycles. The lowest BCUT2D eigenvalue weighted by atomic mass is 10.0. The highest BCUT2D eigenvalue weighted by Gasteiger charge is 2.28. The number of amides is 1. The highest BCUT2D eigenvalue weighted by molar-refractivity contribution is 5.92. The molecular formula is C25H26N4O2. The Labute approximate surface area is 181 Å². The molecule has 0 radical (unpaired) electrons. The third-order valence-corrected chi connectivity index (χ3v) is 6.24. The van der Waals surface area contributed by atoms with Crippen LogP contribution in [-0.2, 0) is 16.0 Å². The van der Waals surface area contributed by atoms with E-state index in [1.165, 1.54) is 0 Å². The first-order valence-corrected chi connectivity index (χ1v) is 10.8. The first-order valence-electron chi connectivity index (χ1n) is 10.8. The molecule has 1 fully saturated rings. The summed E-state index contributed by atoms with van der Waals surface area (Å²) >= 11 is 0. The molecule has 158 valence electrons. The van der Waals surface area contributed by atoms with Crippen LogP contribution in [0.2, 0.25) is 0 Å². The number of morpholine rings is 1. The molecule has 0 bridgehead atoms. The van der Waals surface area contributed by atoms with Gasteiger partial charge in [-0.15, -0.1) is 0 Å². The van der Waals surface area contributed by atoms with E-state index >= 15 is 0 Å². The van der Waals surface area contributed by atoms with Crippen LogP contribution in [0, 0.1) is 13.8 Å². The van der Waals surface area contributed by atoms with Gasteiger partial charge in [0, 0.05) is 29.7 Å². The van der Waals surface area contributed by atoms with Gasteiger partial charge in [-0.2, -0.15) is 5.10 Å². The lowest BCUT2D eigenvalue weighted by molar-refractivity contribution is -0.140. The highest BCUT2D eigenvalue weighted by Crippen LogP contribution is 2.26. The van der Waals surface area contributed by atoms with Gasteiger partial charge in [0.2, 0.25) is 5.91 Å². The van der Waals surface area contributed by atoms with Gasteiger partial charge in [0.15, 0.2) is 5.65 Å². The van der Waals surface area contributed by atoms with Crippen LogP contribution in [0.15, 0.2) is 54.6 Å². The van der Waals surface area contributed by atoms with Crippen LogP contribution in [0.1, 0.15) is 35.0 Å². The molecule has 5 rings (SSSR count). The van der Waals surface area contributed by atoms with Gasteiger partial charge in [0.05, 0.1) is 24.8 Å². The summed E-state index contributed by atoms with van der Waals surface area (Å²) in [6, 6.07) is 18.2. The number of benzene rings is 2. The lowest BCUT2D eigenvalue weighted by Gasteiger charge is -2.36. The maximum atomic E-state index is 13.2. The van der Waals surface area contributed by atoms with Crippen molar-refractivity contribution in [1.29, 1.82) is 0 Å². The SMILES string of the molecule is Cc1nc2c3ccccc3nn2c(C)c1CCC(=O)N1CCOC[C@H]1c1ccccc1. The smallest absolute Gasteiger partial charge is 0.223 e. The molecule has 0 spiro atoms. The Morgan fingerprint density at radius 2 is 1.87 bits per heavy atom. The van der Waals surface area contributed by atoms with Gasteiger partial charge in [0.25, 0.3) is 0 Å². The van der Waals surface area contributed by atoms with Gasteiger partial charge >= 0.3 is 0 Å². The number of hydrogen-bond donors (Lipinski definition) is 0. The summed E-state index contributed by atoms with van der Waals surface area (Å²) in [6.45, 7) is 5.84. The average Bonchev–Trinajstić information content (AvgIpc) is 3.18. The average molecular weight is 415 g/mol. The molecule has 31 heavy (non-hydrogen) atoms. The summed E-state index contributed by atoms with van der Waals surface area (Å²) in [5, 5.41) is 5.78. The Morgan fingerprint density at radius 3 is 2.71 bits per heavy atom. The normalized spacial score (nSPS) is 16.8. The van der Waals surface area contributed by atoms with Crippen molar-refractivity contribution in [3.63, 3.8) is 0 Å². The van der Waals surface area contributed by atoms with Gasteiger partial charge in [-0.05, 0) is 43.5 Å². The van der Waals surface area contributed by atoms with Gasteiger partial charge in [-0.25, -0.2) is 9.50 Å². The van der Waals surface area contributed by atoms with Gasteiger partial charge < -0.3 is 9.64 Å². The van der Waals surface area contributed by atoms with Crippen molar-refractivity contribution in [1.82, 2.24) is 19.5 Å². The fraction of sp³-hybridized carbons (Fsp3) is 0.320. The summed E-state index contributed by atoms with van der Waals surface area (Å²) in [5.41, 5.74) is 6.04. The van der Waals surface area contributed by atoms with E-state index in [1.54, 1.807) is 0 Å². The number of ether oxygens (including phenoxy) is 1. The zero-order valence-electron chi connectivity index (χ0n) is 17.9. The molecule has 0 N–H and O–H groups in total. The molecule has 2 aromatic carbocycles. The third-order valence-electron chi connectivity index (χ3n) is 6.24. The first-order chi connectivity index (χ1) is 15.1. The van der Waals surface area contributed by atoms with E-state index in [2.05, 4.69) is 25.1 Å². The van der Waals surface area contributed by atoms with Crippen molar-refractivity contribution in [2.24, 2.45) is 0 Å². The van der Waals surface area contributed by atoms with Crippen LogP contribution < -0.4 is 0 Å². The second kappa shape index (κ2) is 8.12. The summed E-state index contributed by atoms with van der Waals surface area (Å²) in [5.74, 6) is 0.154. The van der Waals surface area contributed by atoms with Crippen molar-refractivity contribution < 1.29 is 9.53 Å². The molecular weight excluding hydrogens is 388 g/mol. The quantitative estimate of drug-likeness (QED) is 0.506.